The number of nitrogens with zero attached hydrogens (tertiary/aromatic N) is 1. The first-order chi connectivity index (χ1) is 8.25. The molecule has 2 unspecified atom stereocenters. The molecule has 0 aliphatic carbocycles. The molecular formula is C13H23N3S. The summed E-state index contributed by atoms with van der Waals surface area (Å²) in [6, 6.07) is 0.399. The van der Waals surface area contributed by atoms with E-state index in [9.17, 15) is 0 Å². The van der Waals surface area contributed by atoms with Crippen molar-refractivity contribution < 1.29 is 0 Å². The zero-order valence-corrected chi connectivity index (χ0v) is 11.6. The van der Waals surface area contributed by atoms with Gasteiger partial charge in [-0.2, -0.15) is 0 Å². The summed E-state index contributed by atoms with van der Waals surface area (Å²) in [5.41, 5.74) is 0. The van der Waals surface area contributed by atoms with Gasteiger partial charge in [0.2, 0.25) is 0 Å². The van der Waals surface area contributed by atoms with E-state index in [2.05, 4.69) is 29.5 Å². The first-order valence-electron chi connectivity index (χ1n) is 6.62. The van der Waals surface area contributed by atoms with Crippen LogP contribution in [0.5, 0.6) is 0 Å². The number of nitrogens with one attached hydrogen (secondary N) is 2. The fourth-order valence-electron chi connectivity index (χ4n) is 2.33. The fourth-order valence-corrected chi connectivity index (χ4v) is 3.13. The molecule has 0 bridgehead atoms. The summed E-state index contributed by atoms with van der Waals surface area (Å²) in [6.07, 6.45) is 5.95. The van der Waals surface area contributed by atoms with E-state index >= 15 is 0 Å². The number of hydrogen-bond acceptors (Lipinski definition) is 4. The summed E-state index contributed by atoms with van der Waals surface area (Å²) in [7, 11) is 0. The Hall–Kier alpha value is -0.450. The lowest BCUT2D eigenvalue weighted by Crippen LogP contribution is -2.20. The van der Waals surface area contributed by atoms with Crippen LogP contribution in [0.3, 0.4) is 0 Å². The van der Waals surface area contributed by atoms with Crippen LogP contribution in [-0.2, 0) is 0 Å². The lowest BCUT2D eigenvalue weighted by Gasteiger charge is -2.12. The predicted octanol–water partition coefficient (Wildman–Crippen LogP) is 2.49. The van der Waals surface area contributed by atoms with E-state index < -0.39 is 0 Å². The van der Waals surface area contributed by atoms with Crippen molar-refractivity contribution in [2.45, 2.75) is 39.2 Å². The van der Waals surface area contributed by atoms with Crippen molar-refractivity contribution in [1.82, 2.24) is 15.6 Å². The van der Waals surface area contributed by atoms with E-state index in [1.807, 2.05) is 6.20 Å². The highest BCUT2D eigenvalue weighted by molar-refractivity contribution is 7.11. The Bertz CT molecular complexity index is 331. The first-order valence-corrected chi connectivity index (χ1v) is 7.44. The van der Waals surface area contributed by atoms with Crippen LogP contribution in [0.25, 0.3) is 0 Å². The molecular weight excluding hydrogens is 230 g/mol. The second kappa shape index (κ2) is 6.47. The third-order valence-electron chi connectivity index (χ3n) is 3.41. The van der Waals surface area contributed by atoms with E-state index in [4.69, 9.17) is 0 Å². The number of aryl methyl sites for hydroxylation is 1. The van der Waals surface area contributed by atoms with Gasteiger partial charge in [-0.3, -0.25) is 0 Å². The number of thiazole rings is 1. The molecule has 1 fully saturated rings. The van der Waals surface area contributed by atoms with Gasteiger partial charge in [0.1, 0.15) is 5.01 Å². The lowest BCUT2D eigenvalue weighted by atomic mass is 10.0. The molecule has 0 amide bonds. The molecule has 0 saturated carbocycles. The van der Waals surface area contributed by atoms with Gasteiger partial charge in [0.05, 0.1) is 6.04 Å². The van der Waals surface area contributed by atoms with Crippen LogP contribution in [0.15, 0.2) is 6.20 Å². The molecule has 2 N–H and O–H groups in total. The Morgan fingerprint density at radius 2 is 2.53 bits per heavy atom. The Balaban J connectivity index is 1.61. The van der Waals surface area contributed by atoms with Crippen molar-refractivity contribution in [3.05, 3.63) is 16.1 Å². The van der Waals surface area contributed by atoms with Crippen molar-refractivity contribution in [2.24, 2.45) is 5.92 Å². The van der Waals surface area contributed by atoms with Gasteiger partial charge in [-0.25, -0.2) is 4.98 Å². The molecule has 17 heavy (non-hydrogen) atoms. The van der Waals surface area contributed by atoms with E-state index in [0.29, 0.717) is 6.04 Å². The van der Waals surface area contributed by atoms with Gasteiger partial charge in [-0.15, -0.1) is 11.3 Å². The molecule has 1 aromatic heterocycles. The SMILES string of the molecule is Cc1cnc(C(C)NCCCC2CCNC2)s1. The number of rotatable bonds is 6. The fraction of sp³-hybridized carbons (Fsp3) is 0.769. The molecule has 2 heterocycles. The van der Waals surface area contributed by atoms with Crippen LogP contribution in [-0.4, -0.2) is 24.6 Å². The summed E-state index contributed by atoms with van der Waals surface area (Å²) in [6.45, 7) is 7.86. The Kier molecular flexibility index (Phi) is 4.95. The van der Waals surface area contributed by atoms with Gasteiger partial charge in [-0.05, 0) is 58.7 Å². The highest BCUT2D eigenvalue weighted by atomic mass is 32.1. The molecule has 0 radical (unpaired) electrons. The number of hydrogen-bond donors (Lipinski definition) is 2. The molecule has 3 nitrogen and oxygen atoms in total. The van der Waals surface area contributed by atoms with E-state index in [-0.39, 0.29) is 0 Å². The highest BCUT2D eigenvalue weighted by Gasteiger charge is 2.14. The molecule has 0 spiro atoms. The molecule has 2 atom stereocenters. The maximum atomic E-state index is 4.42. The molecule has 0 aromatic carbocycles. The largest absolute Gasteiger partial charge is 0.316 e. The van der Waals surface area contributed by atoms with Gasteiger partial charge >= 0.3 is 0 Å². The van der Waals surface area contributed by atoms with E-state index in [1.165, 1.54) is 42.2 Å². The van der Waals surface area contributed by atoms with Gasteiger partial charge in [0.25, 0.3) is 0 Å². The molecule has 1 aliphatic rings. The maximum absolute atomic E-state index is 4.42. The van der Waals surface area contributed by atoms with Crippen LogP contribution in [0.4, 0.5) is 0 Å². The summed E-state index contributed by atoms with van der Waals surface area (Å²) in [5, 5.41) is 8.20. The van der Waals surface area contributed by atoms with Gasteiger partial charge < -0.3 is 10.6 Å². The first kappa shape index (κ1) is 13.0. The van der Waals surface area contributed by atoms with Crippen LogP contribution in [0.1, 0.15) is 42.1 Å². The molecule has 2 rings (SSSR count). The summed E-state index contributed by atoms with van der Waals surface area (Å²) in [4.78, 5) is 5.71. The van der Waals surface area contributed by atoms with E-state index in [1.54, 1.807) is 11.3 Å². The summed E-state index contributed by atoms with van der Waals surface area (Å²) < 4.78 is 0. The van der Waals surface area contributed by atoms with Crippen molar-refractivity contribution in [3.63, 3.8) is 0 Å². The molecule has 96 valence electrons. The Labute approximate surface area is 108 Å². The molecule has 4 heteroatoms. The quantitative estimate of drug-likeness (QED) is 0.765. The van der Waals surface area contributed by atoms with E-state index in [0.717, 1.165) is 12.5 Å². The Morgan fingerprint density at radius 3 is 3.18 bits per heavy atom. The zero-order chi connectivity index (χ0) is 12.1. The topological polar surface area (TPSA) is 37.0 Å². The van der Waals surface area contributed by atoms with Gasteiger partial charge in [0.15, 0.2) is 0 Å². The van der Waals surface area contributed by atoms with Crippen LogP contribution < -0.4 is 10.6 Å². The minimum Gasteiger partial charge on any atom is -0.316 e. The van der Waals surface area contributed by atoms with Crippen LogP contribution in [0.2, 0.25) is 0 Å². The summed E-state index contributed by atoms with van der Waals surface area (Å²) >= 11 is 1.80. The average Bonchev–Trinajstić information content (AvgIpc) is 2.95. The second-order valence-corrected chi connectivity index (χ2v) is 6.25. The van der Waals surface area contributed by atoms with Crippen molar-refractivity contribution in [2.75, 3.05) is 19.6 Å². The maximum Gasteiger partial charge on any atom is 0.109 e. The van der Waals surface area contributed by atoms with Crippen LogP contribution in [0, 0.1) is 12.8 Å². The summed E-state index contributed by atoms with van der Waals surface area (Å²) in [5.74, 6) is 0.911. The monoisotopic (exact) mass is 253 g/mol. The van der Waals surface area contributed by atoms with Crippen LogP contribution >= 0.6 is 11.3 Å². The zero-order valence-electron chi connectivity index (χ0n) is 10.8. The van der Waals surface area contributed by atoms with Crippen molar-refractivity contribution >= 4 is 11.3 Å². The smallest absolute Gasteiger partial charge is 0.109 e. The third-order valence-corrected chi connectivity index (χ3v) is 4.51. The standard InChI is InChI=1S/C13H23N3S/c1-10-8-16-13(17-10)11(2)15-6-3-4-12-5-7-14-9-12/h8,11-12,14-15H,3-7,9H2,1-2H3. The van der Waals surface area contributed by atoms with Crippen molar-refractivity contribution in [1.29, 1.82) is 0 Å². The predicted molar refractivity (Wildman–Crippen MR) is 73.5 cm³/mol. The third kappa shape index (κ3) is 4.05. The minimum atomic E-state index is 0.399. The average molecular weight is 253 g/mol. The molecule has 1 saturated heterocycles. The normalized spacial score (nSPS) is 21.9. The Morgan fingerprint density at radius 1 is 1.65 bits per heavy atom. The van der Waals surface area contributed by atoms with Crippen molar-refractivity contribution in [3.8, 4) is 0 Å². The molecule has 1 aliphatic heterocycles. The molecule has 1 aromatic rings. The minimum absolute atomic E-state index is 0.399. The highest BCUT2D eigenvalue weighted by Crippen LogP contribution is 2.19. The van der Waals surface area contributed by atoms with Gasteiger partial charge in [0, 0.05) is 11.1 Å². The lowest BCUT2D eigenvalue weighted by molar-refractivity contribution is 0.473. The number of aromatic nitrogens is 1. The van der Waals surface area contributed by atoms with Gasteiger partial charge in [-0.1, -0.05) is 0 Å². The second-order valence-electron chi connectivity index (χ2n) is 4.99.